The number of guanidine groups is 1. The largest absolute Gasteiger partial charge is 0.381 e. The minimum absolute atomic E-state index is 0.356. The first-order chi connectivity index (χ1) is 12.7. The highest BCUT2D eigenvalue weighted by Gasteiger charge is 2.13. The Kier molecular flexibility index (Phi) is 9.34. The molecule has 1 aromatic rings. The van der Waals surface area contributed by atoms with Crippen molar-refractivity contribution in [2.45, 2.75) is 25.7 Å². The van der Waals surface area contributed by atoms with Gasteiger partial charge in [-0.3, -0.25) is 4.99 Å². The maximum absolute atomic E-state index is 13.6. The van der Waals surface area contributed by atoms with E-state index in [0.29, 0.717) is 37.0 Å². The minimum Gasteiger partial charge on any atom is -0.381 e. The minimum atomic E-state index is -0.426. The average molecular weight is 369 g/mol. The van der Waals surface area contributed by atoms with E-state index in [0.717, 1.165) is 57.8 Å². The average Bonchev–Trinajstić information content (AvgIpc) is 2.66. The number of ether oxygens (including phenoxy) is 2. The molecule has 1 heterocycles. The molecule has 0 bridgehead atoms. The lowest BCUT2D eigenvalue weighted by Crippen LogP contribution is -2.39. The van der Waals surface area contributed by atoms with Crippen molar-refractivity contribution in [3.8, 4) is 0 Å². The maximum Gasteiger partial charge on any atom is 0.190 e. The van der Waals surface area contributed by atoms with Crippen LogP contribution in [0.1, 0.15) is 24.8 Å². The lowest BCUT2D eigenvalue weighted by Gasteiger charge is -2.21. The summed E-state index contributed by atoms with van der Waals surface area (Å²) in [5.74, 6) is 0.447. The molecule has 146 valence electrons. The third-order valence-electron chi connectivity index (χ3n) is 4.37. The summed E-state index contributed by atoms with van der Waals surface area (Å²) in [6.45, 7) is 4.40. The number of hydrogen-bond acceptors (Lipinski definition) is 3. The highest BCUT2D eigenvalue weighted by molar-refractivity contribution is 5.79. The number of rotatable bonds is 9. The summed E-state index contributed by atoms with van der Waals surface area (Å²) < 4.78 is 37.8. The fourth-order valence-corrected chi connectivity index (χ4v) is 2.82. The molecule has 0 spiro atoms. The summed E-state index contributed by atoms with van der Waals surface area (Å²) in [6, 6.07) is 3.50. The van der Waals surface area contributed by atoms with Crippen LogP contribution in [0.2, 0.25) is 0 Å². The maximum atomic E-state index is 13.6. The lowest BCUT2D eigenvalue weighted by molar-refractivity contribution is 0.0203. The van der Waals surface area contributed by atoms with E-state index in [1.807, 2.05) is 0 Å². The Hall–Kier alpha value is -1.73. The summed E-state index contributed by atoms with van der Waals surface area (Å²) in [4.78, 5) is 4.12. The topological polar surface area (TPSA) is 54.9 Å². The van der Waals surface area contributed by atoms with Gasteiger partial charge in [0.1, 0.15) is 11.6 Å². The van der Waals surface area contributed by atoms with E-state index in [4.69, 9.17) is 9.47 Å². The Labute approximate surface area is 154 Å². The van der Waals surface area contributed by atoms with Gasteiger partial charge in [-0.15, -0.1) is 0 Å². The van der Waals surface area contributed by atoms with Gasteiger partial charge in [-0.05, 0) is 55.4 Å². The van der Waals surface area contributed by atoms with Crippen LogP contribution in [0.4, 0.5) is 8.78 Å². The standard InChI is InChI=1S/C19H29F2N3O2/c1-22-19(24-9-5-16-13-17(20)3-4-18(16)21)23-8-2-10-26-14-15-6-11-25-12-7-15/h3-4,13,15H,2,5-12,14H2,1H3,(H2,22,23,24). The van der Waals surface area contributed by atoms with E-state index >= 15 is 0 Å². The third kappa shape index (κ3) is 7.66. The summed E-state index contributed by atoms with van der Waals surface area (Å²) in [6.07, 6.45) is 3.43. The lowest BCUT2D eigenvalue weighted by atomic mass is 10.0. The third-order valence-corrected chi connectivity index (χ3v) is 4.37. The molecule has 26 heavy (non-hydrogen) atoms. The van der Waals surface area contributed by atoms with Crippen molar-refractivity contribution in [2.24, 2.45) is 10.9 Å². The fraction of sp³-hybridized carbons (Fsp3) is 0.632. The molecule has 0 atom stereocenters. The number of nitrogens with zero attached hydrogens (tertiary/aromatic N) is 1. The Balaban J connectivity index is 1.54. The van der Waals surface area contributed by atoms with Crippen molar-refractivity contribution in [1.82, 2.24) is 10.6 Å². The van der Waals surface area contributed by atoms with Gasteiger partial charge in [-0.2, -0.15) is 0 Å². The first kappa shape index (κ1) is 20.6. The Morgan fingerprint density at radius 3 is 2.77 bits per heavy atom. The molecule has 1 aliphatic rings. The summed E-state index contributed by atoms with van der Waals surface area (Å²) in [5.41, 5.74) is 0.356. The highest BCUT2D eigenvalue weighted by atomic mass is 19.1. The molecule has 2 rings (SSSR count). The molecule has 0 saturated carbocycles. The summed E-state index contributed by atoms with van der Waals surface area (Å²) >= 11 is 0. The van der Waals surface area contributed by atoms with Crippen molar-refractivity contribution in [3.05, 3.63) is 35.4 Å². The molecule has 2 N–H and O–H groups in total. The molecule has 1 fully saturated rings. The van der Waals surface area contributed by atoms with E-state index in [2.05, 4.69) is 15.6 Å². The van der Waals surface area contributed by atoms with E-state index in [1.54, 1.807) is 7.05 Å². The van der Waals surface area contributed by atoms with Gasteiger partial charge in [-0.1, -0.05) is 0 Å². The zero-order valence-corrected chi connectivity index (χ0v) is 15.4. The number of aliphatic imine (C=N–C) groups is 1. The van der Waals surface area contributed by atoms with E-state index in [9.17, 15) is 8.78 Å². The van der Waals surface area contributed by atoms with E-state index in [-0.39, 0.29) is 0 Å². The summed E-state index contributed by atoms with van der Waals surface area (Å²) in [5, 5.41) is 6.29. The molecule has 0 aromatic heterocycles. The second kappa shape index (κ2) is 11.8. The highest BCUT2D eigenvalue weighted by Crippen LogP contribution is 2.14. The van der Waals surface area contributed by atoms with Crippen LogP contribution < -0.4 is 10.6 Å². The van der Waals surface area contributed by atoms with Crippen LogP contribution in [-0.2, 0) is 15.9 Å². The quantitative estimate of drug-likeness (QED) is 0.399. The predicted molar refractivity (Wildman–Crippen MR) is 98.4 cm³/mol. The van der Waals surface area contributed by atoms with Crippen LogP contribution in [0.15, 0.2) is 23.2 Å². The number of halogens is 2. The second-order valence-electron chi connectivity index (χ2n) is 6.40. The Morgan fingerprint density at radius 2 is 2.00 bits per heavy atom. The van der Waals surface area contributed by atoms with Gasteiger partial charge in [0, 0.05) is 46.6 Å². The fourth-order valence-electron chi connectivity index (χ4n) is 2.82. The molecule has 0 unspecified atom stereocenters. The predicted octanol–water partition coefficient (Wildman–Crippen LogP) is 2.51. The van der Waals surface area contributed by atoms with Gasteiger partial charge in [-0.25, -0.2) is 8.78 Å². The molecule has 1 saturated heterocycles. The molecule has 0 radical (unpaired) electrons. The number of nitrogens with one attached hydrogen (secondary N) is 2. The van der Waals surface area contributed by atoms with Crippen LogP contribution in [0, 0.1) is 17.6 Å². The first-order valence-corrected chi connectivity index (χ1v) is 9.23. The van der Waals surface area contributed by atoms with Gasteiger partial charge >= 0.3 is 0 Å². The van der Waals surface area contributed by atoms with Gasteiger partial charge in [0.2, 0.25) is 0 Å². The van der Waals surface area contributed by atoms with Gasteiger partial charge < -0.3 is 20.1 Å². The number of hydrogen-bond donors (Lipinski definition) is 2. The monoisotopic (exact) mass is 369 g/mol. The van der Waals surface area contributed by atoms with Crippen LogP contribution in [0.25, 0.3) is 0 Å². The van der Waals surface area contributed by atoms with Crippen molar-refractivity contribution in [1.29, 1.82) is 0 Å². The van der Waals surface area contributed by atoms with Crippen LogP contribution in [0.5, 0.6) is 0 Å². The zero-order chi connectivity index (χ0) is 18.6. The molecular weight excluding hydrogens is 340 g/mol. The second-order valence-corrected chi connectivity index (χ2v) is 6.40. The normalized spacial score (nSPS) is 15.9. The first-order valence-electron chi connectivity index (χ1n) is 9.23. The van der Waals surface area contributed by atoms with Crippen molar-refractivity contribution in [3.63, 3.8) is 0 Å². The van der Waals surface area contributed by atoms with E-state index < -0.39 is 11.6 Å². The molecule has 7 heteroatoms. The van der Waals surface area contributed by atoms with Crippen molar-refractivity contribution >= 4 is 5.96 Å². The van der Waals surface area contributed by atoms with Crippen molar-refractivity contribution < 1.29 is 18.3 Å². The van der Waals surface area contributed by atoms with Gasteiger partial charge in [0.15, 0.2) is 5.96 Å². The number of benzene rings is 1. The molecule has 0 amide bonds. The van der Waals surface area contributed by atoms with Crippen molar-refractivity contribution in [2.75, 3.05) is 46.6 Å². The Morgan fingerprint density at radius 1 is 1.23 bits per heavy atom. The smallest absolute Gasteiger partial charge is 0.190 e. The zero-order valence-electron chi connectivity index (χ0n) is 15.4. The SMILES string of the molecule is CN=C(NCCCOCC1CCOCC1)NCCc1cc(F)ccc1F. The van der Waals surface area contributed by atoms with Crippen LogP contribution >= 0.6 is 0 Å². The molecular formula is C19H29F2N3O2. The molecule has 5 nitrogen and oxygen atoms in total. The Bertz CT molecular complexity index is 564. The van der Waals surface area contributed by atoms with Gasteiger partial charge in [0.05, 0.1) is 0 Å². The summed E-state index contributed by atoms with van der Waals surface area (Å²) in [7, 11) is 1.68. The molecule has 1 aromatic carbocycles. The molecule has 1 aliphatic heterocycles. The molecule has 0 aliphatic carbocycles. The van der Waals surface area contributed by atoms with Crippen LogP contribution in [-0.4, -0.2) is 52.5 Å². The van der Waals surface area contributed by atoms with Gasteiger partial charge in [0.25, 0.3) is 0 Å². The van der Waals surface area contributed by atoms with Crippen LogP contribution in [0.3, 0.4) is 0 Å². The van der Waals surface area contributed by atoms with E-state index in [1.165, 1.54) is 6.07 Å².